The number of ether oxygens (including phenoxy) is 1. The number of rotatable bonds is 6. The second kappa shape index (κ2) is 7.87. The molecule has 0 spiro atoms. The standard InChI is InChI=1S/C17H16N2O5/c1-12(13-6-3-2-4-7-13)18-16(20)11-24-17(21)14-8-5-9-15(10-14)19(22)23/h2-10,12H,11H2,1H3,(H,18,20)/t12-/m1/s1. The topological polar surface area (TPSA) is 98.5 Å². The monoisotopic (exact) mass is 328 g/mol. The molecule has 2 aromatic carbocycles. The van der Waals surface area contributed by atoms with Crippen LogP contribution in [0.4, 0.5) is 5.69 Å². The Morgan fingerprint density at radius 1 is 1.17 bits per heavy atom. The smallest absolute Gasteiger partial charge is 0.338 e. The molecule has 2 aromatic rings. The molecule has 0 radical (unpaired) electrons. The minimum atomic E-state index is -0.791. The fraction of sp³-hybridized carbons (Fsp3) is 0.176. The van der Waals surface area contributed by atoms with Crippen molar-refractivity contribution in [2.75, 3.05) is 6.61 Å². The predicted octanol–water partition coefficient (Wildman–Crippen LogP) is 2.63. The van der Waals surface area contributed by atoms with Crippen LogP contribution in [0.2, 0.25) is 0 Å². The van der Waals surface area contributed by atoms with Gasteiger partial charge in [-0.25, -0.2) is 4.79 Å². The van der Waals surface area contributed by atoms with Crippen LogP contribution in [0.1, 0.15) is 28.9 Å². The minimum absolute atomic E-state index is 0.0214. The van der Waals surface area contributed by atoms with E-state index in [1.807, 2.05) is 37.3 Å². The molecule has 0 aliphatic carbocycles. The average molecular weight is 328 g/mol. The summed E-state index contributed by atoms with van der Waals surface area (Å²) in [7, 11) is 0. The molecule has 7 heteroatoms. The molecule has 124 valence electrons. The molecule has 0 aliphatic heterocycles. The molecule has 24 heavy (non-hydrogen) atoms. The number of non-ortho nitro benzene ring substituents is 1. The number of benzene rings is 2. The number of nitrogens with one attached hydrogen (secondary N) is 1. The number of esters is 1. The average Bonchev–Trinajstić information content (AvgIpc) is 2.60. The summed E-state index contributed by atoms with van der Waals surface area (Å²) >= 11 is 0. The largest absolute Gasteiger partial charge is 0.452 e. The third kappa shape index (κ3) is 4.64. The van der Waals surface area contributed by atoms with Gasteiger partial charge >= 0.3 is 5.97 Å². The lowest BCUT2D eigenvalue weighted by molar-refractivity contribution is -0.384. The molecule has 7 nitrogen and oxygen atoms in total. The third-order valence-corrected chi connectivity index (χ3v) is 3.30. The summed E-state index contributed by atoms with van der Waals surface area (Å²) in [4.78, 5) is 33.8. The Labute approximate surface area is 138 Å². The van der Waals surface area contributed by atoms with Crippen LogP contribution in [0.25, 0.3) is 0 Å². The molecular weight excluding hydrogens is 312 g/mol. The van der Waals surface area contributed by atoms with Crippen LogP contribution in [0.3, 0.4) is 0 Å². The zero-order chi connectivity index (χ0) is 17.5. The molecule has 0 fully saturated rings. The van der Waals surface area contributed by atoms with E-state index in [-0.39, 0.29) is 17.3 Å². The van der Waals surface area contributed by atoms with Gasteiger partial charge in [-0.3, -0.25) is 14.9 Å². The lowest BCUT2D eigenvalue weighted by Gasteiger charge is -2.14. The lowest BCUT2D eigenvalue weighted by Crippen LogP contribution is -2.31. The molecule has 0 saturated carbocycles. The highest BCUT2D eigenvalue weighted by molar-refractivity contribution is 5.91. The van der Waals surface area contributed by atoms with Crippen molar-refractivity contribution in [3.8, 4) is 0 Å². The molecule has 1 atom stereocenters. The quantitative estimate of drug-likeness (QED) is 0.499. The summed E-state index contributed by atoms with van der Waals surface area (Å²) < 4.78 is 4.89. The van der Waals surface area contributed by atoms with E-state index in [0.717, 1.165) is 11.6 Å². The van der Waals surface area contributed by atoms with E-state index in [9.17, 15) is 19.7 Å². The second-order valence-corrected chi connectivity index (χ2v) is 5.08. The van der Waals surface area contributed by atoms with E-state index in [1.54, 1.807) is 0 Å². The van der Waals surface area contributed by atoms with Crippen molar-refractivity contribution < 1.29 is 19.2 Å². The lowest BCUT2D eigenvalue weighted by atomic mass is 10.1. The van der Waals surface area contributed by atoms with Crippen LogP contribution in [-0.2, 0) is 9.53 Å². The first-order chi connectivity index (χ1) is 11.5. The van der Waals surface area contributed by atoms with E-state index in [2.05, 4.69) is 5.32 Å². The van der Waals surface area contributed by atoms with Gasteiger partial charge in [0.05, 0.1) is 16.5 Å². The van der Waals surface area contributed by atoms with Crippen LogP contribution in [0.5, 0.6) is 0 Å². The Kier molecular flexibility index (Phi) is 5.62. The number of nitrogens with zero attached hydrogens (tertiary/aromatic N) is 1. The van der Waals surface area contributed by atoms with E-state index in [4.69, 9.17) is 4.74 Å². The fourth-order valence-electron chi connectivity index (χ4n) is 2.07. The number of hydrogen-bond acceptors (Lipinski definition) is 5. The Morgan fingerprint density at radius 3 is 2.54 bits per heavy atom. The van der Waals surface area contributed by atoms with E-state index >= 15 is 0 Å². The highest BCUT2D eigenvalue weighted by Gasteiger charge is 2.15. The number of nitro benzene ring substituents is 1. The van der Waals surface area contributed by atoms with Crippen molar-refractivity contribution in [1.29, 1.82) is 0 Å². The van der Waals surface area contributed by atoms with E-state index in [1.165, 1.54) is 18.2 Å². The van der Waals surface area contributed by atoms with Gasteiger partial charge in [0.25, 0.3) is 11.6 Å². The van der Waals surface area contributed by atoms with Gasteiger partial charge in [0, 0.05) is 12.1 Å². The van der Waals surface area contributed by atoms with Crippen molar-refractivity contribution in [2.45, 2.75) is 13.0 Å². The van der Waals surface area contributed by atoms with Crippen molar-refractivity contribution in [2.24, 2.45) is 0 Å². The molecule has 1 amide bonds. The summed E-state index contributed by atoms with van der Waals surface area (Å²) in [6.45, 7) is 1.36. The number of carbonyl (C=O) groups is 2. The minimum Gasteiger partial charge on any atom is -0.452 e. The molecule has 0 aromatic heterocycles. The summed E-state index contributed by atoms with van der Waals surface area (Å²) in [5, 5.41) is 13.4. The van der Waals surface area contributed by atoms with Crippen molar-refractivity contribution in [1.82, 2.24) is 5.32 Å². The van der Waals surface area contributed by atoms with Crippen LogP contribution in [0.15, 0.2) is 54.6 Å². The third-order valence-electron chi connectivity index (χ3n) is 3.30. The highest BCUT2D eigenvalue weighted by Crippen LogP contribution is 2.14. The van der Waals surface area contributed by atoms with Crippen molar-refractivity contribution >= 4 is 17.6 Å². The predicted molar refractivity (Wildman–Crippen MR) is 86.4 cm³/mol. The van der Waals surface area contributed by atoms with Crippen LogP contribution < -0.4 is 5.32 Å². The van der Waals surface area contributed by atoms with Gasteiger partial charge in [0.15, 0.2) is 6.61 Å². The molecular formula is C17H16N2O5. The van der Waals surface area contributed by atoms with Gasteiger partial charge in [-0.15, -0.1) is 0 Å². The Balaban J connectivity index is 1.88. The van der Waals surface area contributed by atoms with Gasteiger partial charge in [-0.2, -0.15) is 0 Å². The molecule has 0 aliphatic rings. The van der Waals surface area contributed by atoms with E-state index in [0.29, 0.717) is 0 Å². The van der Waals surface area contributed by atoms with Gasteiger partial charge < -0.3 is 10.1 Å². The first-order valence-corrected chi connectivity index (χ1v) is 7.23. The van der Waals surface area contributed by atoms with Crippen LogP contribution in [0, 0.1) is 10.1 Å². The maximum absolute atomic E-state index is 11.9. The van der Waals surface area contributed by atoms with Gasteiger partial charge in [-0.1, -0.05) is 36.4 Å². The summed E-state index contributed by atoms with van der Waals surface area (Å²) in [5.74, 6) is -1.24. The molecule has 2 rings (SSSR count). The first-order valence-electron chi connectivity index (χ1n) is 7.23. The second-order valence-electron chi connectivity index (χ2n) is 5.08. The Hall–Kier alpha value is -3.22. The fourth-order valence-corrected chi connectivity index (χ4v) is 2.07. The van der Waals surface area contributed by atoms with E-state index < -0.39 is 23.4 Å². The van der Waals surface area contributed by atoms with Gasteiger partial charge in [-0.05, 0) is 18.6 Å². The number of nitro groups is 1. The first kappa shape index (κ1) is 17.1. The number of amides is 1. The molecule has 1 N–H and O–H groups in total. The molecule has 0 saturated heterocycles. The number of carbonyl (C=O) groups excluding carboxylic acids is 2. The molecule has 0 bridgehead atoms. The molecule has 0 unspecified atom stereocenters. The Morgan fingerprint density at radius 2 is 1.88 bits per heavy atom. The van der Waals surface area contributed by atoms with Crippen LogP contribution in [-0.4, -0.2) is 23.4 Å². The zero-order valence-corrected chi connectivity index (χ0v) is 13.0. The molecule has 0 heterocycles. The van der Waals surface area contributed by atoms with Crippen molar-refractivity contribution in [3.63, 3.8) is 0 Å². The Bertz CT molecular complexity index is 746. The van der Waals surface area contributed by atoms with Crippen molar-refractivity contribution in [3.05, 3.63) is 75.8 Å². The number of hydrogen-bond donors (Lipinski definition) is 1. The highest BCUT2D eigenvalue weighted by atomic mass is 16.6. The summed E-state index contributed by atoms with van der Waals surface area (Å²) in [5.41, 5.74) is 0.732. The maximum atomic E-state index is 11.9. The maximum Gasteiger partial charge on any atom is 0.338 e. The van der Waals surface area contributed by atoms with Gasteiger partial charge in [0.2, 0.25) is 0 Å². The zero-order valence-electron chi connectivity index (χ0n) is 13.0. The summed E-state index contributed by atoms with van der Waals surface area (Å²) in [6.07, 6.45) is 0. The SMILES string of the molecule is C[C@@H](NC(=O)COC(=O)c1cccc([N+](=O)[O-])c1)c1ccccc1. The van der Waals surface area contributed by atoms with Gasteiger partial charge in [0.1, 0.15) is 0 Å². The summed E-state index contributed by atoms with van der Waals surface area (Å²) in [6, 6.07) is 14.3. The normalized spacial score (nSPS) is 11.4. The van der Waals surface area contributed by atoms with Crippen LogP contribution >= 0.6 is 0 Å².